The van der Waals surface area contributed by atoms with Crippen molar-refractivity contribution in [2.45, 2.75) is 13.8 Å². The van der Waals surface area contributed by atoms with E-state index in [4.69, 9.17) is 14.6 Å². The predicted molar refractivity (Wildman–Crippen MR) is 105 cm³/mol. The summed E-state index contributed by atoms with van der Waals surface area (Å²) in [5.74, 6) is 0.153. The Hall–Kier alpha value is -3.79. The van der Waals surface area contributed by atoms with E-state index in [1.165, 1.54) is 0 Å². The number of carboxylic acid groups (broad SMARTS) is 1. The van der Waals surface area contributed by atoms with Gasteiger partial charge in [-0.1, -0.05) is 12.1 Å². The van der Waals surface area contributed by atoms with E-state index in [-0.39, 0.29) is 0 Å². The van der Waals surface area contributed by atoms with Gasteiger partial charge in [-0.25, -0.2) is 9.78 Å². The number of nitriles is 1. The summed E-state index contributed by atoms with van der Waals surface area (Å²) in [6.45, 7) is 3.74. The van der Waals surface area contributed by atoms with Crippen molar-refractivity contribution in [2.75, 3.05) is 13.2 Å². The van der Waals surface area contributed by atoms with Crippen LogP contribution in [0.2, 0.25) is 0 Å². The molecule has 0 spiro atoms. The molecule has 2 aromatic carbocycles. The van der Waals surface area contributed by atoms with Crippen LogP contribution in [0.25, 0.3) is 22.7 Å². The van der Waals surface area contributed by atoms with Gasteiger partial charge in [0.25, 0.3) is 0 Å². The average Bonchev–Trinajstić information content (AvgIpc) is 3.08. The first-order valence-electron chi connectivity index (χ1n) is 8.70. The molecule has 0 saturated carbocycles. The number of carbonyl (C=O) groups is 1. The van der Waals surface area contributed by atoms with Crippen LogP contribution in [0.15, 0.2) is 36.4 Å². The minimum absolute atomic E-state index is 0.333. The highest BCUT2D eigenvalue weighted by molar-refractivity contribution is 5.90. The molecule has 7 heteroatoms. The molecule has 0 radical (unpaired) electrons. The zero-order valence-electron chi connectivity index (χ0n) is 15.5. The Morgan fingerprint density at radius 2 is 2.07 bits per heavy atom. The van der Waals surface area contributed by atoms with Crippen molar-refractivity contribution in [3.8, 4) is 17.6 Å². The maximum atomic E-state index is 10.7. The van der Waals surface area contributed by atoms with E-state index in [1.807, 2.05) is 32.0 Å². The van der Waals surface area contributed by atoms with E-state index >= 15 is 0 Å². The standard InChI is InChI=1S/C21H19N3O4/c1-3-27-19-10-14(5-7-18(19)28-12-20(25)26)9-15(11-22)21-23-16-6-4-13(2)8-17(16)24-21/h4-10H,3,12H2,1-2H3,(H,23,24)(H,25,26)/b15-9-. The lowest BCUT2D eigenvalue weighted by Crippen LogP contribution is -2.10. The number of nitrogens with one attached hydrogen (secondary N) is 1. The summed E-state index contributed by atoms with van der Waals surface area (Å²) in [7, 11) is 0. The molecule has 28 heavy (non-hydrogen) atoms. The molecule has 1 aromatic heterocycles. The number of H-pyrrole nitrogens is 1. The number of hydrogen-bond donors (Lipinski definition) is 2. The topological polar surface area (TPSA) is 108 Å². The van der Waals surface area contributed by atoms with Crippen LogP contribution in [0.1, 0.15) is 23.9 Å². The number of allylic oxidation sites excluding steroid dienone is 1. The van der Waals surface area contributed by atoms with Crippen LogP contribution in [0.5, 0.6) is 11.5 Å². The third kappa shape index (κ3) is 4.30. The third-order valence-electron chi connectivity index (χ3n) is 3.94. The number of aryl methyl sites for hydroxylation is 1. The lowest BCUT2D eigenvalue weighted by atomic mass is 10.1. The number of fused-ring (bicyclic) bond motifs is 1. The van der Waals surface area contributed by atoms with Gasteiger partial charge in [0.15, 0.2) is 18.1 Å². The summed E-state index contributed by atoms with van der Waals surface area (Å²) in [4.78, 5) is 18.4. The number of ether oxygens (including phenoxy) is 2. The number of aromatic amines is 1. The zero-order chi connectivity index (χ0) is 20.1. The van der Waals surface area contributed by atoms with Crippen molar-refractivity contribution in [3.63, 3.8) is 0 Å². The first-order chi connectivity index (χ1) is 13.5. The molecule has 0 atom stereocenters. The predicted octanol–water partition coefficient (Wildman–Crippen LogP) is 3.80. The molecule has 2 N–H and O–H groups in total. The fourth-order valence-corrected chi connectivity index (χ4v) is 2.71. The quantitative estimate of drug-likeness (QED) is 0.606. The van der Waals surface area contributed by atoms with Crippen molar-refractivity contribution in [2.24, 2.45) is 0 Å². The van der Waals surface area contributed by atoms with Crippen LogP contribution < -0.4 is 9.47 Å². The zero-order valence-corrected chi connectivity index (χ0v) is 15.5. The molecule has 1 heterocycles. The minimum Gasteiger partial charge on any atom is -0.490 e. The molecule has 0 bridgehead atoms. The third-order valence-corrected chi connectivity index (χ3v) is 3.94. The van der Waals surface area contributed by atoms with Crippen LogP contribution in [0, 0.1) is 18.3 Å². The maximum absolute atomic E-state index is 10.7. The van der Waals surface area contributed by atoms with Crippen molar-refractivity contribution >= 4 is 28.7 Å². The number of rotatable bonds is 7. The van der Waals surface area contributed by atoms with E-state index in [1.54, 1.807) is 24.3 Å². The second-order valence-electron chi connectivity index (χ2n) is 6.10. The molecule has 3 rings (SSSR count). The van der Waals surface area contributed by atoms with E-state index < -0.39 is 12.6 Å². The lowest BCUT2D eigenvalue weighted by Gasteiger charge is -2.11. The summed E-state index contributed by atoms with van der Waals surface area (Å²) >= 11 is 0. The highest BCUT2D eigenvalue weighted by Gasteiger charge is 2.11. The van der Waals surface area contributed by atoms with Crippen molar-refractivity contribution in [1.29, 1.82) is 5.26 Å². The van der Waals surface area contributed by atoms with E-state index in [0.29, 0.717) is 35.1 Å². The van der Waals surface area contributed by atoms with Gasteiger partial charge < -0.3 is 19.6 Å². The molecule has 0 fully saturated rings. The van der Waals surface area contributed by atoms with Gasteiger partial charge in [-0.05, 0) is 55.3 Å². The molecule has 3 aromatic rings. The first-order valence-corrected chi connectivity index (χ1v) is 8.70. The Balaban J connectivity index is 1.95. The molecular formula is C21H19N3O4. The van der Waals surface area contributed by atoms with E-state index in [2.05, 4.69) is 16.0 Å². The summed E-state index contributed by atoms with van der Waals surface area (Å²) in [6.07, 6.45) is 1.69. The normalized spacial score (nSPS) is 11.2. The molecule has 142 valence electrons. The summed E-state index contributed by atoms with van der Waals surface area (Å²) in [5, 5.41) is 18.4. The Kier molecular flexibility index (Phi) is 5.61. The Morgan fingerprint density at radius 3 is 2.79 bits per heavy atom. The largest absolute Gasteiger partial charge is 0.490 e. The number of nitrogens with zero attached hydrogens (tertiary/aromatic N) is 2. The molecule has 0 aliphatic carbocycles. The molecule has 0 aliphatic heterocycles. The monoisotopic (exact) mass is 377 g/mol. The van der Waals surface area contributed by atoms with Crippen LogP contribution in [0.3, 0.4) is 0 Å². The van der Waals surface area contributed by atoms with Crippen LogP contribution in [-0.4, -0.2) is 34.3 Å². The number of aliphatic carboxylic acids is 1. The van der Waals surface area contributed by atoms with Gasteiger partial charge in [0.1, 0.15) is 11.9 Å². The van der Waals surface area contributed by atoms with E-state index in [0.717, 1.165) is 16.6 Å². The minimum atomic E-state index is -1.07. The van der Waals surface area contributed by atoms with Crippen molar-refractivity contribution in [1.82, 2.24) is 9.97 Å². The van der Waals surface area contributed by atoms with Gasteiger partial charge in [0, 0.05) is 0 Å². The van der Waals surface area contributed by atoms with Crippen LogP contribution in [0.4, 0.5) is 0 Å². The Bertz CT molecular complexity index is 1090. The molecule has 7 nitrogen and oxygen atoms in total. The summed E-state index contributed by atoms with van der Waals surface area (Å²) < 4.78 is 10.8. The summed E-state index contributed by atoms with van der Waals surface area (Å²) in [5.41, 5.74) is 3.83. The van der Waals surface area contributed by atoms with Crippen molar-refractivity contribution in [3.05, 3.63) is 53.3 Å². The first kappa shape index (κ1) is 19.0. The molecule has 0 saturated heterocycles. The lowest BCUT2D eigenvalue weighted by molar-refractivity contribution is -0.139. The van der Waals surface area contributed by atoms with Crippen molar-refractivity contribution < 1.29 is 19.4 Å². The number of aromatic nitrogens is 2. The maximum Gasteiger partial charge on any atom is 0.341 e. The second kappa shape index (κ2) is 8.27. The van der Waals surface area contributed by atoms with Gasteiger partial charge in [0.05, 0.1) is 23.2 Å². The van der Waals surface area contributed by atoms with Gasteiger partial charge in [0.2, 0.25) is 0 Å². The Labute approximate surface area is 161 Å². The fourth-order valence-electron chi connectivity index (χ4n) is 2.71. The highest BCUT2D eigenvalue weighted by atomic mass is 16.5. The smallest absolute Gasteiger partial charge is 0.341 e. The molecule has 0 amide bonds. The average molecular weight is 377 g/mol. The number of imidazole rings is 1. The molecular weight excluding hydrogens is 358 g/mol. The van der Waals surface area contributed by atoms with Gasteiger partial charge in [-0.3, -0.25) is 0 Å². The van der Waals surface area contributed by atoms with E-state index in [9.17, 15) is 10.1 Å². The highest BCUT2D eigenvalue weighted by Crippen LogP contribution is 2.30. The SMILES string of the molecule is CCOc1cc(/C=C(/C#N)c2nc3ccc(C)cc3[nH]2)ccc1OCC(=O)O. The van der Waals surface area contributed by atoms with Gasteiger partial charge in [-0.2, -0.15) is 5.26 Å². The van der Waals surface area contributed by atoms with Crippen LogP contribution in [-0.2, 0) is 4.79 Å². The van der Waals surface area contributed by atoms with Gasteiger partial charge >= 0.3 is 5.97 Å². The number of carboxylic acids is 1. The Morgan fingerprint density at radius 1 is 1.25 bits per heavy atom. The fraction of sp³-hybridized carbons (Fsp3) is 0.190. The summed E-state index contributed by atoms with van der Waals surface area (Å²) in [6, 6.07) is 13.1. The number of hydrogen-bond acceptors (Lipinski definition) is 5. The van der Waals surface area contributed by atoms with Gasteiger partial charge in [-0.15, -0.1) is 0 Å². The number of benzene rings is 2. The second-order valence-corrected chi connectivity index (χ2v) is 6.10. The molecule has 0 aliphatic rings. The molecule has 0 unspecified atom stereocenters. The van der Waals surface area contributed by atoms with Crippen LogP contribution >= 0.6 is 0 Å².